The smallest absolute Gasteiger partial charge is 0.222 e. The Hall–Kier alpha value is -2.53. The molecular formula is C25H34N2O3. The number of benzene rings is 2. The van der Waals surface area contributed by atoms with E-state index in [4.69, 9.17) is 9.47 Å². The van der Waals surface area contributed by atoms with Crippen LogP contribution in [0.5, 0.6) is 11.5 Å². The van der Waals surface area contributed by atoms with Crippen molar-refractivity contribution in [1.29, 1.82) is 0 Å². The average molecular weight is 411 g/mol. The molecule has 3 rings (SSSR count). The molecule has 5 heteroatoms. The maximum Gasteiger partial charge on any atom is 0.222 e. The highest BCUT2D eigenvalue weighted by Crippen LogP contribution is 2.40. The topological polar surface area (TPSA) is 50.8 Å². The predicted octanol–water partition coefficient (Wildman–Crippen LogP) is 4.35. The van der Waals surface area contributed by atoms with E-state index in [9.17, 15) is 4.79 Å². The molecule has 0 spiro atoms. The molecule has 0 saturated heterocycles. The van der Waals surface area contributed by atoms with Gasteiger partial charge in [0.15, 0.2) is 11.5 Å². The molecule has 0 aliphatic carbocycles. The summed E-state index contributed by atoms with van der Waals surface area (Å²) >= 11 is 0. The Bertz CT molecular complexity index is 851. The summed E-state index contributed by atoms with van der Waals surface area (Å²) in [6.07, 6.45) is 1.79. The Labute approximate surface area is 180 Å². The zero-order valence-electron chi connectivity index (χ0n) is 18.8. The monoisotopic (exact) mass is 410 g/mol. The molecule has 0 bridgehead atoms. The summed E-state index contributed by atoms with van der Waals surface area (Å²) in [7, 11) is 3.34. The van der Waals surface area contributed by atoms with Crippen LogP contribution in [0.3, 0.4) is 0 Å². The van der Waals surface area contributed by atoms with Crippen LogP contribution in [-0.2, 0) is 17.8 Å². The maximum atomic E-state index is 12.6. The standard InChI is InChI=1S/C25H34N2O3/c1-6-21(26-25(28)17(2)3)24-20-15-23(30-5)22(29-4)14-19(20)12-13-27(24)16-18-10-8-7-9-11-18/h7-11,14-15,17,21,24H,6,12-13,16H2,1-5H3,(H,26,28). The quantitative estimate of drug-likeness (QED) is 0.703. The molecule has 0 fully saturated rings. The number of rotatable bonds is 8. The third-order valence-corrected chi connectivity index (χ3v) is 5.93. The number of nitrogens with zero attached hydrogens (tertiary/aromatic N) is 1. The first-order valence-electron chi connectivity index (χ1n) is 10.8. The van der Waals surface area contributed by atoms with E-state index in [1.807, 2.05) is 19.9 Å². The normalized spacial score (nSPS) is 17.3. The zero-order chi connectivity index (χ0) is 21.7. The highest BCUT2D eigenvalue weighted by Gasteiger charge is 2.35. The lowest BCUT2D eigenvalue weighted by Crippen LogP contribution is -2.49. The summed E-state index contributed by atoms with van der Waals surface area (Å²) in [5.41, 5.74) is 3.75. The number of hydrogen-bond donors (Lipinski definition) is 1. The van der Waals surface area contributed by atoms with Gasteiger partial charge >= 0.3 is 0 Å². The van der Waals surface area contributed by atoms with Crippen molar-refractivity contribution in [3.8, 4) is 11.5 Å². The molecule has 1 aliphatic rings. The van der Waals surface area contributed by atoms with E-state index >= 15 is 0 Å². The summed E-state index contributed by atoms with van der Waals surface area (Å²) in [6, 6.07) is 14.8. The van der Waals surface area contributed by atoms with Crippen LogP contribution in [0, 0.1) is 5.92 Å². The van der Waals surface area contributed by atoms with Gasteiger partial charge in [-0.25, -0.2) is 0 Å². The van der Waals surface area contributed by atoms with Crippen LogP contribution in [0.1, 0.15) is 49.9 Å². The largest absolute Gasteiger partial charge is 0.493 e. The van der Waals surface area contributed by atoms with Crippen LogP contribution >= 0.6 is 0 Å². The van der Waals surface area contributed by atoms with Crippen LogP contribution in [0.25, 0.3) is 0 Å². The molecule has 1 amide bonds. The van der Waals surface area contributed by atoms with Crippen molar-refractivity contribution in [2.75, 3.05) is 20.8 Å². The van der Waals surface area contributed by atoms with Crippen LogP contribution in [-0.4, -0.2) is 37.6 Å². The number of methoxy groups -OCH3 is 2. The fraction of sp³-hybridized carbons (Fsp3) is 0.480. The van der Waals surface area contributed by atoms with Crippen LogP contribution in [0.15, 0.2) is 42.5 Å². The third-order valence-electron chi connectivity index (χ3n) is 5.93. The van der Waals surface area contributed by atoms with Gasteiger partial charge in [-0.3, -0.25) is 9.69 Å². The van der Waals surface area contributed by atoms with Gasteiger partial charge in [0.05, 0.1) is 20.3 Å². The van der Waals surface area contributed by atoms with Gasteiger partial charge in [0, 0.05) is 25.0 Å². The highest BCUT2D eigenvalue weighted by molar-refractivity contribution is 5.78. The minimum atomic E-state index is -0.0462. The number of ether oxygens (including phenoxy) is 2. The van der Waals surface area contributed by atoms with Crippen LogP contribution in [0.4, 0.5) is 0 Å². The Morgan fingerprint density at radius 3 is 2.40 bits per heavy atom. The molecule has 2 atom stereocenters. The molecule has 5 nitrogen and oxygen atoms in total. The van der Waals surface area contributed by atoms with Crippen molar-refractivity contribution >= 4 is 5.91 Å². The van der Waals surface area contributed by atoms with Gasteiger partial charge in [-0.2, -0.15) is 0 Å². The van der Waals surface area contributed by atoms with E-state index in [0.29, 0.717) is 0 Å². The van der Waals surface area contributed by atoms with Crippen molar-refractivity contribution in [2.24, 2.45) is 5.92 Å². The number of carbonyl (C=O) groups is 1. The number of carbonyl (C=O) groups excluding carboxylic acids is 1. The molecule has 30 heavy (non-hydrogen) atoms. The highest BCUT2D eigenvalue weighted by atomic mass is 16.5. The summed E-state index contributed by atoms with van der Waals surface area (Å²) in [5, 5.41) is 3.31. The Morgan fingerprint density at radius 2 is 1.80 bits per heavy atom. The van der Waals surface area contributed by atoms with Crippen LogP contribution in [0.2, 0.25) is 0 Å². The van der Waals surface area contributed by atoms with Gasteiger partial charge in [0.1, 0.15) is 0 Å². The first-order chi connectivity index (χ1) is 14.5. The van der Waals surface area contributed by atoms with E-state index in [1.54, 1.807) is 14.2 Å². The molecule has 2 aromatic carbocycles. The number of amides is 1. The second kappa shape index (κ2) is 9.98. The van der Waals surface area contributed by atoms with Gasteiger partial charge in [-0.15, -0.1) is 0 Å². The summed E-state index contributed by atoms with van der Waals surface area (Å²) in [4.78, 5) is 15.1. The predicted molar refractivity (Wildman–Crippen MR) is 120 cm³/mol. The second-order valence-corrected chi connectivity index (χ2v) is 8.23. The zero-order valence-corrected chi connectivity index (χ0v) is 18.8. The lowest BCUT2D eigenvalue weighted by atomic mass is 9.86. The van der Waals surface area contributed by atoms with Crippen molar-refractivity contribution in [3.05, 3.63) is 59.2 Å². The SMILES string of the molecule is CCC(NC(=O)C(C)C)C1c2cc(OC)c(OC)cc2CCN1Cc1ccccc1. The summed E-state index contributed by atoms with van der Waals surface area (Å²) < 4.78 is 11.1. The molecule has 162 valence electrons. The van der Waals surface area contributed by atoms with Gasteiger partial charge in [0.2, 0.25) is 5.91 Å². The van der Waals surface area contributed by atoms with Crippen molar-refractivity contribution in [2.45, 2.75) is 52.2 Å². The first kappa shape index (κ1) is 22.2. The minimum absolute atomic E-state index is 0.0146. The minimum Gasteiger partial charge on any atom is -0.493 e. The molecule has 1 heterocycles. The fourth-order valence-corrected chi connectivity index (χ4v) is 4.25. The molecule has 0 radical (unpaired) electrons. The van der Waals surface area contributed by atoms with Crippen LogP contribution < -0.4 is 14.8 Å². The van der Waals surface area contributed by atoms with Gasteiger partial charge in [-0.05, 0) is 41.7 Å². The number of hydrogen-bond acceptors (Lipinski definition) is 4. The van der Waals surface area contributed by atoms with E-state index < -0.39 is 0 Å². The molecule has 0 saturated carbocycles. The molecule has 1 N–H and O–H groups in total. The fourth-order valence-electron chi connectivity index (χ4n) is 4.25. The second-order valence-electron chi connectivity index (χ2n) is 8.23. The van der Waals surface area contributed by atoms with Crippen molar-refractivity contribution in [1.82, 2.24) is 10.2 Å². The number of fused-ring (bicyclic) bond motifs is 1. The van der Waals surface area contributed by atoms with E-state index in [0.717, 1.165) is 37.4 Å². The lowest BCUT2D eigenvalue weighted by Gasteiger charge is -2.42. The van der Waals surface area contributed by atoms with Gasteiger partial charge in [-0.1, -0.05) is 51.1 Å². The molecule has 1 aliphatic heterocycles. The van der Waals surface area contributed by atoms with Crippen molar-refractivity contribution < 1.29 is 14.3 Å². The molecule has 2 unspecified atom stereocenters. The Kier molecular flexibility index (Phi) is 7.38. The van der Waals surface area contributed by atoms with E-state index in [-0.39, 0.29) is 23.9 Å². The lowest BCUT2D eigenvalue weighted by molar-refractivity contribution is -0.125. The Morgan fingerprint density at radius 1 is 1.13 bits per heavy atom. The van der Waals surface area contributed by atoms with Gasteiger partial charge < -0.3 is 14.8 Å². The summed E-state index contributed by atoms with van der Waals surface area (Å²) in [6.45, 7) is 7.78. The number of nitrogens with one attached hydrogen (secondary N) is 1. The maximum absolute atomic E-state index is 12.6. The molecule has 0 aromatic heterocycles. The summed E-state index contributed by atoms with van der Waals surface area (Å²) in [5.74, 6) is 1.53. The average Bonchev–Trinajstić information content (AvgIpc) is 2.77. The van der Waals surface area contributed by atoms with Crippen molar-refractivity contribution in [3.63, 3.8) is 0 Å². The Balaban J connectivity index is 2.03. The van der Waals surface area contributed by atoms with E-state index in [1.165, 1.54) is 16.7 Å². The third kappa shape index (κ3) is 4.78. The van der Waals surface area contributed by atoms with Gasteiger partial charge in [0.25, 0.3) is 0 Å². The molecular weight excluding hydrogens is 376 g/mol. The molecule has 2 aromatic rings. The van der Waals surface area contributed by atoms with E-state index in [2.05, 4.69) is 53.5 Å². The first-order valence-corrected chi connectivity index (χ1v) is 10.8.